The summed E-state index contributed by atoms with van der Waals surface area (Å²) in [5.74, 6) is 0.774. The fraction of sp³-hybridized carbons (Fsp3) is 1.00. The van der Waals surface area contributed by atoms with Crippen molar-refractivity contribution >= 4 is 0 Å². The van der Waals surface area contributed by atoms with E-state index in [2.05, 4.69) is 6.92 Å². The summed E-state index contributed by atoms with van der Waals surface area (Å²) in [7, 11) is 0. The lowest BCUT2D eigenvalue weighted by molar-refractivity contribution is -0.0110. The predicted octanol–water partition coefficient (Wildman–Crippen LogP) is 1.81. The zero-order chi connectivity index (χ0) is 9.53. The molecule has 2 aliphatic rings. The Bertz CT molecular complexity index is 200. The summed E-state index contributed by atoms with van der Waals surface area (Å²) in [5.41, 5.74) is 5.38. The van der Waals surface area contributed by atoms with Crippen molar-refractivity contribution in [3.63, 3.8) is 0 Å². The maximum Gasteiger partial charge on any atom is 0.0826 e. The fourth-order valence-corrected chi connectivity index (χ4v) is 2.60. The summed E-state index contributed by atoms with van der Waals surface area (Å²) in [6.45, 7) is 2.28. The van der Waals surface area contributed by atoms with Gasteiger partial charge in [0.2, 0.25) is 0 Å². The topological polar surface area (TPSA) is 46.2 Å². The number of aliphatic hydroxyl groups is 1. The van der Waals surface area contributed by atoms with E-state index in [-0.39, 0.29) is 5.54 Å². The third kappa shape index (κ3) is 1.62. The maximum absolute atomic E-state index is 10.4. The first-order chi connectivity index (χ1) is 6.06. The Morgan fingerprint density at radius 3 is 2.46 bits per heavy atom. The zero-order valence-corrected chi connectivity index (χ0v) is 8.55. The molecule has 0 spiro atoms. The van der Waals surface area contributed by atoms with Gasteiger partial charge in [0.15, 0.2) is 0 Å². The molecule has 0 aliphatic heterocycles. The van der Waals surface area contributed by atoms with Crippen LogP contribution in [0.15, 0.2) is 0 Å². The monoisotopic (exact) mass is 183 g/mol. The standard InChI is InChI=1S/C11H21NO/c1-9-3-2-5-11(13,6-4-9)10(12)7-8-10/h9,13H,2-8,12H2,1H3. The molecule has 2 saturated carbocycles. The average Bonchev–Trinajstić information content (AvgIpc) is 2.82. The van der Waals surface area contributed by atoms with E-state index in [9.17, 15) is 5.11 Å². The molecule has 0 bridgehead atoms. The molecule has 0 aromatic carbocycles. The minimum atomic E-state index is -0.530. The molecule has 2 aliphatic carbocycles. The molecule has 2 nitrogen and oxygen atoms in total. The molecule has 2 atom stereocenters. The van der Waals surface area contributed by atoms with E-state index >= 15 is 0 Å². The second-order valence-corrected chi connectivity index (χ2v) is 5.22. The lowest BCUT2D eigenvalue weighted by Gasteiger charge is -2.33. The molecule has 2 heteroatoms. The van der Waals surface area contributed by atoms with E-state index < -0.39 is 5.60 Å². The van der Waals surface area contributed by atoms with Crippen molar-refractivity contribution < 1.29 is 5.11 Å². The van der Waals surface area contributed by atoms with Crippen LogP contribution < -0.4 is 5.73 Å². The number of hydrogen-bond acceptors (Lipinski definition) is 2. The van der Waals surface area contributed by atoms with Crippen LogP contribution in [0.2, 0.25) is 0 Å². The van der Waals surface area contributed by atoms with E-state index in [1.165, 1.54) is 6.42 Å². The highest BCUT2D eigenvalue weighted by Crippen LogP contribution is 2.48. The largest absolute Gasteiger partial charge is 0.388 e. The highest BCUT2D eigenvalue weighted by Gasteiger charge is 2.55. The summed E-state index contributed by atoms with van der Waals surface area (Å²) < 4.78 is 0. The second kappa shape index (κ2) is 2.96. The van der Waals surface area contributed by atoms with Gasteiger partial charge in [-0.05, 0) is 38.0 Å². The van der Waals surface area contributed by atoms with E-state index in [0.29, 0.717) is 0 Å². The van der Waals surface area contributed by atoms with E-state index in [0.717, 1.165) is 44.4 Å². The first-order valence-corrected chi connectivity index (χ1v) is 5.57. The highest BCUT2D eigenvalue weighted by atomic mass is 16.3. The minimum Gasteiger partial charge on any atom is -0.388 e. The Hall–Kier alpha value is -0.0800. The molecule has 0 amide bonds. The molecule has 0 radical (unpaired) electrons. The van der Waals surface area contributed by atoms with Crippen LogP contribution in [0, 0.1) is 5.92 Å². The summed E-state index contributed by atoms with van der Waals surface area (Å²) in [5, 5.41) is 10.4. The molecule has 0 aromatic heterocycles. The van der Waals surface area contributed by atoms with Gasteiger partial charge in [0.05, 0.1) is 5.60 Å². The van der Waals surface area contributed by atoms with Crippen LogP contribution in [-0.2, 0) is 0 Å². The molecular formula is C11H21NO. The van der Waals surface area contributed by atoms with Crippen LogP contribution >= 0.6 is 0 Å². The Balaban J connectivity index is 2.05. The SMILES string of the molecule is CC1CCCC(O)(C2(N)CC2)CC1. The highest BCUT2D eigenvalue weighted by molar-refractivity contribution is 5.13. The van der Waals surface area contributed by atoms with Crippen molar-refractivity contribution in [2.75, 3.05) is 0 Å². The van der Waals surface area contributed by atoms with E-state index in [1.54, 1.807) is 0 Å². The van der Waals surface area contributed by atoms with Gasteiger partial charge in [0.25, 0.3) is 0 Å². The first kappa shape index (κ1) is 9.47. The second-order valence-electron chi connectivity index (χ2n) is 5.22. The Labute approximate surface area is 80.5 Å². The van der Waals surface area contributed by atoms with Crippen molar-refractivity contribution in [2.24, 2.45) is 11.7 Å². The Kier molecular flexibility index (Phi) is 2.16. The predicted molar refractivity (Wildman–Crippen MR) is 53.4 cm³/mol. The molecule has 2 rings (SSSR count). The third-order valence-corrected chi connectivity index (χ3v) is 4.05. The van der Waals surface area contributed by atoms with Gasteiger partial charge >= 0.3 is 0 Å². The lowest BCUT2D eigenvalue weighted by atomic mass is 9.84. The van der Waals surface area contributed by atoms with Gasteiger partial charge in [-0.1, -0.05) is 19.8 Å². The lowest BCUT2D eigenvalue weighted by Crippen LogP contribution is -2.50. The maximum atomic E-state index is 10.4. The quantitative estimate of drug-likeness (QED) is 0.609. The zero-order valence-electron chi connectivity index (χ0n) is 8.55. The Morgan fingerprint density at radius 2 is 1.85 bits per heavy atom. The van der Waals surface area contributed by atoms with Crippen LogP contribution in [0.5, 0.6) is 0 Å². The normalized spacial score (nSPS) is 44.1. The average molecular weight is 183 g/mol. The van der Waals surface area contributed by atoms with Gasteiger partial charge in [0, 0.05) is 5.54 Å². The van der Waals surface area contributed by atoms with Crippen molar-refractivity contribution in [1.82, 2.24) is 0 Å². The molecule has 3 N–H and O–H groups in total. The van der Waals surface area contributed by atoms with Crippen LogP contribution in [0.1, 0.15) is 51.9 Å². The van der Waals surface area contributed by atoms with Gasteiger partial charge in [0.1, 0.15) is 0 Å². The van der Waals surface area contributed by atoms with Crippen LogP contribution in [0.4, 0.5) is 0 Å². The molecule has 0 aromatic rings. The van der Waals surface area contributed by atoms with Gasteiger partial charge in [-0.15, -0.1) is 0 Å². The molecule has 0 saturated heterocycles. The molecular weight excluding hydrogens is 162 g/mol. The number of nitrogens with two attached hydrogens (primary N) is 1. The van der Waals surface area contributed by atoms with Crippen molar-refractivity contribution in [3.05, 3.63) is 0 Å². The summed E-state index contributed by atoms with van der Waals surface area (Å²) in [6.07, 6.45) is 7.46. The van der Waals surface area contributed by atoms with Crippen molar-refractivity contribution in [3.8, 4) is 0 Å². The molecule has 2 unspecified atom stereocenters. The van der Waals surface area contributed by atoms with Gasteiger partial charge in [-0.3, -0.25) is 0 Å². The molecule has 2 fully saturated rings. The van der Waals surface area contributed by atoms with Crippen LogP contribution in [-0.4, -0.2) is 16.2 Å². The van der Waals surface area contributed by atoms with Crippen molar-refractivity contribution in [2.45, 2.75) is 63.0 Å². The van der Waals surface area contributed by atoms with Gasteiger partial charge < -0.3 is 10.8 Å². The minimum absolute atomic E-state index is 0.211. The van der Waals surface area contributed by atoms with Crippen LogP contribution in [0.3, 0.4) is 0 Å². The fourth-order valence-electron chi connectivity index (χ4n) is 2.60. The molecule has 13 heavy (non-hydrogen) atoms. The Morgan fingerprint density at radius 1 is 1.15 bits per heavy atom. The van der Waals surface area contributed by atoms with E-state index in [1.807, 2.05) is 0 Å². The summed E-state index contributed by atoms with van der Waals surface area (Å²) in [6, 6.07) is 0. The van der Waals surface area contributed by atoms with Crippen LogP contribution in [0.25, 0.3) is 0 Å². The summed E-state index contributed by atoms with van der Waals surface area (Å²) in [4.78, 5) is 0. The first-order valence-electron chi connectivity index (χ1n) is 5.57. The van der Waals surface area contributed by atoms with Crippen molar-refractivity contribution in [1.29, 1.82) is 0 Å². The number of rotatable bonds is 1. The third-order valence-electron chi connectivity index (χ3n) is 4.05. The smallest absolute Gasteiger partial charge is 0.0826 e. The van der Waals surface area contributed by atoms with Gasteiger partial charge in [-0.25, -0.2) is 0 Å². The molecule has 76 valence electrons. The molecule has 0 heterocycles. The summed E-state index contributed by atoms with van der Waals surface area (Å²) >= 11 is 0. The van der Waals surface area contributed by atoms with Gasteiger partial charge in [-0.2, -0.15) is 0 Å². The number of hydrogen-bond donors (Lipinski definition) is 2. The van der Waals surface area contributed by atoms with E-state index in [4.69, 9.17) is 5.73 Å².